The maximum absolute atomic E-state index is 11.9. The summed E-state index contributed by atoms with van der Waals surface area (Å²) in [7, 11) is -3.28. The molecule has 0 radical (unpaired) electrons. The van der Waals surface area contributed by atoms with Gasteiger partial charge in [-0.25, -0.2) is 13.4 Å². The third-order valence-electron chi connectivity index (χ3n) is 4.08. The van der Waals surface area contributed by atoms with Crippen molar-refractivity contribution in [3.8, 4) is 0 Å². The molecular formula is C18H20BrN3O2S. The Morgan fingerprint density at radius 2 is 1.92 bits per heavy atom. The van der Waals surface area contributed by atoms with E-state index in [1.54, 1.807) is 12.1 Å². The van der Waals surface area contributed by atoms with Crippen LogP contribution in [0.15, 0.2) is 51.8 Å². The fourth-order valence-electron chi connectivity index (χ4n) is 2.91. The van der Waals surface area contributed by atoms with Gasteiger partial charge < -0.3 is 9.88 Å². The van der Waals surface area contributed by atoms with Gasteiger partial charge in [-0.1, -0.05) is 18.2 Å². The molecule has 3 rings (SSSR count). The average molecular weight is 422 g/mol. The number of aryl methyl sites for hydroxylation is 2. The molecule has 0 amide bonds. The first-order valence-electron chi connectivity index (χ1n) is 8.02. The summed E-state index contributed by atoms with van der Waals surface area (Å²) in [5.41, 5.74) is 2.74. The number of halogens is 1. The zero-order chi connectivity index (χ0) is 18.0. The molecule has 0 aliphatic carbocycles. The van der Waals surface area contributed by atoms with E-state index in [-0.39, 0.29) is 0 Å². The Morgan fingerprint density at radius 1 is 1.16 bits per heavy atom. The van der Waals surface area contributed by atoms with Gasteiger partial charge in [-0.05, 0) is 53.5 Å². The number of benzene rings is 2. The van der Waals surface area contributed by atoms with Crippen molar-refractivity contribution in [2.75, 3.05) is 18.1 Å². The van der Waals surface area contributed by atoms with Crippen LogP contribution in [0.25, 0.3) is 11.0 Å². The quantitative estimate of drug-likeness (QED) is 0.610. The molecule has 25 heavy (non-hydrogen) atoms. The van der Waals surface area contributed by atoms with Crippen molar-refractivity contribution < 1.29 is 8.42 Å². The van der Waals surface area contributed by atoms with E-state index in [0.29, 0.717) is 17.1 Å². The first-order valence-corrected chi connectivity index (χ1v) is 10.7. The number of fused-ring (bicyclic) bond motifs is 1. The standard InChI is InChI=1S/C18H20BrN3O2S/c1-13-21-15-8-3-4-9-16(15)22(13)12-6-11-20-18-14(19)7-5-10-17(18)25(2,23)24/h3-5,7-10,20H,6,11-12H2,1-2H3. The summed E-state index contributed by atoms with van der Waals surface area (Å²) in [6.45, 7) is 3.48. The minimum Gasteiger partial charge on any atom is -0.383 e. The van der Waals surface area contributed by atoms with Crippen LogP contribution in [0.2, 0.25) is 0 Å². The number of hydrogen-bond donors (Lipinski definition) is 1. The lowest BCUT2D eigenvalue weighted by molar-refractivity contribution is 0.602. The summed E-state index contributed by atoms with van der Waals surface area (Å²) in [6.07, 6.45) is 2.08. The Hall–Kier alpha value is -1.86. The van der Waals surface area contributed by atoms with E-state index >= 15 is 0 Å². The maximum Gasteiger partial charge on any atom is 0.177 e. The monoisotopic (exact) mass is 421 g/mol. The first-order chi connectivity index (χ1) is 11.9. The fourth-order valence-corrected chi connectivity index (χ4v) is 4.43. The van der Waals surface area contributed by atoms with Crippen molar-refractivity contribution in [3.05, 3.63) is 52.8 Å². The normalized spacial score (nSPS) is 11.8. The molecule has 2 aromatic carbocycles. The number of nitrogens with one attached hydrogen (secondary N) is 1. The SMILES string of the molecule is Cc1nc2ccccc2n1CCCNc1c(Br)cccc1S(C)(=O)=O. The van der Waals surface area contributed by atoms with Crippen molar-refractivity contribution >= 4 is 42.5 Å². The molecule has 1 heterocycles. The lowest BCUT2D eigenvalue weighted by Crippen LogP contribution is -2.11. The second kappa shape index (κ2) is 7.17. The molecule has 0 fully saturated rings. The van der Waals surface area contributed by atoms with Crippen LogP contribution in [0.1, 0.15) is 12.2 Å². The van der Waals surface area contributed by atoms with Gasteiger partial charge in [-0.2, -0.15) is 0 Å². The van der Waals surface area contributed by atoms with Gasteiger partial charge in [0.1, 0.15) is 5.82 Å². The summed E-state index contributed by atoms with van der Waals surface area (Å²) >= 11 is 3.43. The van der Waals surface area contributed by atoms with E-state index in [0.717, 1.165) is 34.3 Å². The molecule has 1 aromatic heterocycles. The van der Waals surface area contributed by atoms with Gasteiger partial charge in [-0.3, -0.25) is 0 Å². The van der Waals surface area contributed by atoms with Gasteiger partial charge in [0, 0.05) is 23.8 Å². The Balaban J connectivity index is 1.71. The summed E-state index contributed by atoms with van der Waals surface area (Å²) in [5.74, 6) is 0.985. The van der Waals surface area contributed by atoms with E-state index < -0.39 is 9.84 Å². The topological polar surface area (TPSA) is 64.0 Å². The minimum absolute atomic E-state index is 0.311. The van der Waals surface area contributed by atoms with Gasteiger partial charge in [0.15, 0.2) is 9.84 Å². The second-order valence-electron chi connectivity index (χ2n) is 5.96. The van der Waals surface area contributed by atoms with Crippen molar-refractivity contribution in [1.29, 1.82) is 0 Å². The van der Waals surface area contributed by atoms with E-state index in [1.807, 2.05) is 31.2 Å². The highest BCUT2D eigenvalue weighted by Crippen LogP contribution is 2.29. The summed E-state index contributed by atoms with van der Waals surface area (Å²) in [5, 5.41) is 3.26. The van der Waals surface area contributed by atoms with Crippen molar-refractivity contribution in [1.82, 2.24) is 9.55 Å². The molecule has 7 heteroatoms. The number of hydrogen-bond acceptors (Lipinski definition) is 4. The highest BCUT2D eigenvalue weighted by molar-refractivity contribution is 9.10. The molecule has 0 saturated carbocycles. The van der Waals surface area contributed by atoms with E-state index in [1.165, 1.54) is 6.26 Å². The number of aromatic nitrogens is 2. The predicted molar refractivity (Wildman–Crippen MR) is 105 cm³/mol. The molecule has 0 saturated heterocycles. The van der Waals surface area contributed by atoms with Gasteiger partial charge in [0.25, 0.3) is 0 Å². The van der Waals surface area contributed by atoms with Gasteiger partial charge in [0.05, 0.1) is 21.6 Å². The molecule has 132 valence electrons. The maximum atomic E-state index is 11.9. The van der Waals surface area contributed by atoms with Crippen LogP contribution in [0.3, 0.4) is 0 Å². The van der Waals surface area contributed by atoms with Crippen LogP contribution in [-0.4, -0.2) is 30.8 Å². The smallest absolute Gasteiger partial charge is 0.177 e. The highest BCUT2D eigenvalue weighted by atomic mass is 79.9. The van der Waals surface area contributed by atoms with E-state index in [4.69, 9.17) is 0 Å². The van der Waals surface area contributed by atoms with Gasteiger partial charge >= 0.3 is 0 Å². The van der Waals surface area contributed by atoms with Crippen molar-refractivity contribution in [2.24, 2.45) is 0 Å². The third-order valence-corrected chi connectivity index (χ3v) is 5.88. The zero-order valence-corrected chi connectivity index (χ0v) is 16.6. The number of para-hydroxylation sites is 3. The molecule has 0 aliphatic heterocycles. The van der Waals surface area contributed by atoms with E-state index in [2.05, 4.69) is 36.9 Å². The fraction of sp³-hybridized carbons (Fsp3) is 0.278. The Bertz CT molecular complexity index is 1010. The lowest BCUT2D eigenvalue weighted by Gasteiger charge is -2.13. The second-order valence-corrected chi connectivity index (χ2v) is 8.80. The largest absolute Gasteiger partial charge is 0.383 e. The van der Waals surface area contributed by atoms with Crippen molar-refractivity contribution in [3.63, 3.8) is 0 Å². The van der Waals surface area contributed by atoms with Gasteiger partial charge in [0.2, 0.25) is 0 Å². The summed E-state index contributed by atoms with van der Waals surface area (Å²) < 4.78 is 26.8. The number of sulfone groups is 1. The summed E-state index contributed by atoms with van der Waals surface area (Å²) in [4.78, 5) is 4.88. The third kappa shape index (κ3) is 3.88. The number of nitrogens with zero attached hydrogens (tertiary/aromatic N) is 2. The van der Waals surface area contributed by atoms with Crippen LogP contribution in [-0.2, 0) is 16.4 Å². The lowest BCUT2D eigenvalue weighted by atomic mass is 10.3. The number of imidazole rings is 1. The van der Waals surface area contributed by atoms with Crippen molar-refractivity contribution in [2.45, 2.75) is 24.8 Å². The van der Waals surface area contributed by atoms with Crippen LogP contribution in [0, 0.1) is 6.92 Å². The molecule has 1 N–H and O–H groups in total. The molecule has 0 atom stereocenters. The molecular weight excluding hydrogens is 402 g/mol. The molecule has 5 nitrogen and oxygen atoms in total. The summed E-state index contributed by atoms with van der Waals surface area (Å²) in [6, 6.07) is 13.3. The number of rotatable bonds is 6. The van der Waals surface area contributed by atoms with Crippen LogP contribution < -0.4 is 5.32 Å². The van der Waals surface area contributed by atoms with Crippen LogP contribution in [0.5, 0.6) is 0 Å². The molecule has 0 bridgehead atoms. The Kier molecular flexibility index (Phi) is 5.15. The van der Waals surface area contributed by atoms with Crippen LogP contribution >= 0.6 is 15.9 Å². The van der Waals surface area contributed by atoms with Gasteiger partial charge in [-0.15, -0.1) is 0 Å². The molecule has 0 aliphatic rings. The Morgan fingerprint density at radius 3 is 2.68 bits per heavy atom. The zero-order valence-electron chi connectivity index (χ0n) is 14.2. The Labute approximate surface area is 156 Å². The highest BCUT2D eigenvalue weighted by Gasteiger charge is 2.15. The minimum atomic E-state index is -3.28. The van der Waals surface area contributed by atoms with E-state index in [9.17, 15) is 8.42 Å². The molecule has 0 unspecified atom stereocenters. The molecule has 0 spiro atoms. The molecule has 3 aromatic rings. The van der Waals surface area contributed by atoms with Crippen LogP contribution in [0.4, 0.5) is 5.69 Å². The average Bonchev–Trinajstić information content (AvgIpc) is 2.87. The first kappa shape index (κ1) is 17.9. The number of anilines is 1. The predicted octanol–water partition coefficient (Wildman–Crippen LogP) is 4.01.